The Kier molecular flexibility index (Phi) is 2.84. The predicted molar refractivity (Wildman–Crippen MR) is 53.2 cm³/mol. The first-order valence-corrected chi connectivity index (χ1v) is 5.04. The molecule has 0 aliphatic carbocycles. The first kappa shape index (κ1) is 10.4. The molecule has 2 rings (SSSR count). The van der Waals surface area contributed by atoms with E-state index in [0.29, 0.717) is 6.61 Å². The SMILES string of the molecule is B[C@H]1O[C@]2(COC)CCO[C@H]1[C@H]2OC. The molecule has 4 nitrogen and oxygen atoms in total. The molecule has 0 aromatic carbocycles. The molecule has 2 aliphatic heterocycles. The second-order valence-corrected chi connectivity index (χ2v) is 4.06. The summed E-state index contributed by atoms with van der Waals surface area (Å²) in [6.07, 6.45) is 0.912. The van der Waals surface area contributed by atoms with Crippen molar-refractivity contribution in [2.45, 2.75) is 30.2 Å². The van der Waals surface area contributed by atoms with Crippen LogP contribution in [0.15, 0.2) is 0 Å². The van der Waals surface area contributed by atoms with Gasteiger partial charge in [-0.05, 0) is 0 Å². The molecule has 0 unspecified atom stereocenters. The topological polar surface area (TPSA) is 36.9 Å². The maximum absolute atomic E-state index is 5.94. The van der Waals surface area contributed by atoms with Crippen LogP contribution in [0.5, 0.6) is 0 Å². The van der Waals surface area contributed by atoms with Gasteiger partial charge in [-0.2, -0.15) is 0 Å². The minimum Gasteiger partial charge on any atom is -0.382 e. The Morgan fingerprint density at radius 3 is 2.93 bits per heavy atom. The summed E-state index contributed by atoms with van der Waals surface area (Å²) in [6.45, 7) is 1.31. The Morgan fingerprint density at radius 1 is 1.50 bits per heavy atom. The van der Waals surface area contributed by atoms with Gasteiger partial charge in [0.1, 0.15) is 25.7 Å². The van der Waals surface area contributed by atoms with E-state index < -0.39 is 0 Å². The summed E-state index contributed by atoms with van der Waals surface area (Å²) in [5.74, 6) is 0. The van der Waals surface area contributed by atoms with E-state index >= 15 is 0 Å². The van der Waals surface area contributed by atoms with Gasteiger partial charge in [-0.25, -0.2) is 0 Å². The van der Waals surface area contributed by atoms with Gasteiger partial charge < -0.3 is 18.9 Å². The highest BCUT2D eigenvalue weighted by molar-refractivity contribution is 6.11. The Hall–Kier alpha value is -0.0951. The van der Waals surface area contributed by atoms with E-state index in [0.717, 1.165) is 13.0 Å². The molecule has 80 valence electrons. The lowest BCUT2D eigenvalue weighted by atomic mass is 9.86. The zero-order valence-corrected chi connectivity index (χ0v) is 8.99. The number of fused-ring (bicyclic) bond motifs is 2. The summed E-state index contributed by atoms with van der Waals surface area (Å²) < 4.78 is 22.3. The first-order chi connectivity index (χ1) is 6.73. The highest BCUT2D eigenvalue weighted by Crippen LogP contribution is 2.40. The largest absolute Gasteiger partial charge is 0.382 e. The Bertz CT molecular complexity index is 209. The monoisotopic (exact) mass is 200 g/mol. The van der Waals surface area contributed by atoms with Crippen LogP contribution in [0.4, 0.5) is 0 Å². The van der Waals surface area contributed by atoms with Crippen LogP contribution in [0.1, 0.15) is 6.42 Å². The Labute approximate surface area is 85.3 Å². The molecule has 2 fully saturated rings. The molecule has 0 spiro atoms. The molecule has 2 saturated heterocycles. The lowest BCUT2D eigenvalue weighted by Crippen LogP contribution is -2.52. The number of hydrogen-bond acceptors (Lipinski definition) is 4. The van der Waals surface area contributed by atoms with E-state index in [1.807, 2.05) is 7.85 Å². The Morgan fingerprint density at radius 2 is 2.29 bits per heavy atom. The normalized spacial score (nSPS) is 46.9. The van der Waals surface area contributed by atoms with Crippen molar-refractivity contribution in [3.8, 4) is 0 Å². The third kappa shape index (κ3) is 1.39. The van der Waals surface area contributed by atoms with Crippen LogP contribution in [-0.4, -0.2) is 59.1 Å². The molecule has 5 heteroatoms. The van der Waals surface area contributed by atoms with E-state index in [9.17, 15) is 0 Å². The van der Waals surface area contributed by atoms with Gasteiger partial charge in [-0.15, -0.1) is 0 Å². The van der Waals surface area contributed by atoms with Crippen molar-refractivity contribution in [2.75, 3.05) is 27.4 Å². The lowest BCUT2D eigenvalue weighted by Gasteiger charge is -2.37. The maximum Gasteiger partial charge on any atom is 0.142 e. The van der Waals surface area contributed by atoms with Gasteiger partial charge in [0.05, 0.1) is 19.2 Å². The van der Waals surface area contributed by atoms with E-state index in [2.05, 4.69) is 0 Å². The van der Waals surface area contributed by atoms with Crippen LogP contribution in [0, 0.1) is 0 Å². The molecule has 0 amide bonds. The molecular formula is C9H17BO4. The summed E-state index contributed by atoms with van der Waals surface area (Å²) in [5, 5.41) is 0. The zero-order chi connectivity index (χ0) is 10.2. The van der Waals surface area contributed by atoms with Gasteiger partial charge in [-0.3, -0.25) is 0 Å². The number of ether oxygens (including phenoxy) is 4. The smallest absolute Gasteiger partial charge is 0.142 e. The Balaban J connectivity index is 2.20. The average molecular weight is 200 g/mol. The molecule has 4 atom stereocenters. The third-order valence-corrected chi connectivity index (χ3v) is 3.18. The van der Waals surface area contributed by atoms with E-state index in [1.54, 1.807) is 14.2 Å². The zero-order valence-electron chi connectivity index (χ0n) is 8.99. The summed E-state index contributed by atoms with van der Waals surface area (Å²) >= 11 is 0. The highest BCUT2D eigenvalue weighted by atomic mass is 16.6. The fourth-order valence-corrected chi connectivity index (χ4v) is 2.62. The van der Waals surface area contributed by atoms with Crippen molar-refractivity contribution < 1.29 is 18.9 Å². The molecule has 0 radical (unpaired) electrons. The molecule has 2 heterocycles. The van der Waals surface area contributed by atoms with Crippen molar-refractivity contribution in [1.29, 1.82) is 0 Å². The summed E-state index contributed by atoms with van der Waals surface area (Å²) in [4.78, 5) is 0. The minimum atomic E-state index is -0.286. The molecule has 14 heavy (non-hydrogen) atoms. The van der Waals surface area contributed by atoms with Crippen LogP contribution in [-0.2, 0) is 18.9 Å². The van der Waals surface area contributed by atoms with Crippen LogP contribution in [0.25, 0.3) is 0 Å². The number of hydrogen-bond donors (Lipinski definition) is 0. The van der Waals surface area contributed by atoms with Crippen molar-refractivity contribution in [3.05, 3.63) is 0 Å². The lowest BCUT2D eigenvalue weighted by molar-refractivity contribution is -0.155. The second kappa shape index (κ2) is 3.81. The summed E-state index contributed by atoms with van der Waals surface area (Å²) in [6, 6.07) is 0.0950. The van der Waals surface area contributed by atoms with Gasteiger partial charge in [0.25, 0.3) is 0 Å². The van der Waals surface area contributed by atoms with Crippen LogP contribution < -0.4 is 0 Å². The van der Waals surface area contributed by atoms with Gasteiger partial charge in [0.2, 0.25) is 0 Å². The third-order valence-electron chi connectivity index (χ3n) is 3.18. The van der Waals surface area contributed by atoms with Crippen molar-refractivity contribution >= 4 is 7.85 Å². The fourth-order valence-electron chi connectivity index (χ4n) is 2.62. The minimum absolute atomic E-state index is 0.00574. The second-order valence-electron chi connectivity index (χ2n) is 4.06. The standard InChI is InChI=1S/C9H17BO4/c1-11-5-9-3-4-13-6(7(9)12-2)8(10)14-9/h6-8H,3-5,10H2,1-2H3/t6-,7+,8-,9-/m0/s1. The predicted octanol–water partition coefficient (Wildman–Crippen LogP) is -0.835. The molecule has 0 saturated carbocycles. The molecule has 0 aromatic heterocycles. The van der Waals surface area contributed by atoms with Crippen LogP contribution >= 0.6 is 0 Å². The van der Waals surface area contributed by atoms with Gasteiger partial charge in [0.15, 0.2) is 0 Å². The van der Waals surface area contributed by atoms with Gasteiger partial charge in [-0.1, -0.05) is 0 Å². The van der Waals surface area contributed by atoms with Gasteiger partial charge >= 0.3 is 0 Å². The average Bonchev–Trinajstić information content (AvgIpc) is 2.30. The quantitative estimate of drug-likeness (QED) is 0.557. The molecule has 2 bridgehead atoms. The van der Waals surface area contributed by atoms with E-state index in [-0.39, 0.29) is 23.8 Å². The van der Waals surface area contributed by atoms with Crippen molar-refractivity contribution in [1.82, 2.24) is 0 Å². The van der Waals surface area contributed by atoms with Crippen molar-refractivity contribution in [2.24, 2.45) is 0 Å². The van der Waals surface area contributed by atoms with Gasteiger partial charge in [0, 0.05) is 20.6 Å². The van der Waals surface area contributed by atoms with E-state index in [4.69, 9.17) is 18.9 Å². The number of methoxy groups -OCH3 is 2. The van der Waals surface area contributed by atoms with Crippen LogP contribution in [0.2, 0.25) is 0 Å². The molecular weight excluding hydrogens is 183 g/mol. The van der Waals surface area contributed by atoms with E-state index in [1.165, 1.54) is 0 Å². The van der Waals surface area contributed by atoms with Crippen molar-refractivity contribution in [3.63, 3.8) is 0 Å². The fraction of sp³-hybridized carbons (Fsp3) is 1.00. The molecule has 0 N–H and O–H groups in total. The molecule has 2 aliphatic rings. The first-order valence-electron chi connectivity index (χ1n) is 5.04. The summed E-state index contributed by atoms with van der Waals surface area (Å²) in [7, 11) is 5.43. The number of rotatable bonds is 3. The maximum atomic E-state index is 5.94. The highest BCUT2D eigenvalue weighted by Gasteiger charge is 2.57. The molecule has 0 aromatic rings. The summed E-state index contributed by atoms with van der Waals surface area (Å²) in [5.41, 5.74) is -0.286. The van der Waals surface area contributed by atoms with Crippen LogP contribution in [0.3, 0.4) is 0 Å².